The minimum absolute atomic E-state index is 0.157. The van der Waals surface area contributed by atoms with Gasteiger partial charge in [0, 0.05) is 12.3 Å². The second-order valence-corrected chi connectivity index (χ2v) is 12.9. The third kappa shape index (κ3) is 3.04. The van der Waals surface area contributed by atoms with Crippen molar-refractivity contribution in [3.63, 3.8) is 0 Å². The molecule has 114 valence electrons. The molecule has 2 aliphatic carbocycles. The lowest BCUT2D eigenvalue weighted by atomic mass is 9.71. The van der Waals surface area contributed by atoms with Crippen LogP contribution in [-0.2, 0) is 4.43 Å². The van der Waals surface area contributed by atoms with E-state index in [0.29, 0.717) is 0 Å². The maximum atomic E-state index is 10.6. The molecule has 0 bridgehead atoms. The normalized spacial score (nSPS) is 31.2. The van der Waals surface area contributed by atoms with Crippen LogP contribution in [0.15, 0.2) is 23.5 Å². The Morgan fingerprint density at radius 1 is 1.35 bits per heavy atom. The van der Waals surface area contributed by atoms with Crippen molar-refractivity contribution in [1.82, 2.24) is 0 Å². The van der Waals surface area contributed by atoms with Crippen molar-refractivity contribution in [1.29, 1.82) is 0 Å². The van der Waals surface area contributed by atoms with E-state index in [9.17, 15) is 5.11 Å². The first kappa shape index (κ1) is 15.8. The molecule has 0 aliphatic heterocycles. The highest BCUT2D eigenvalue weighted by atomic mass is 28.4. The highest BCUT2D eigenvalue weighted by Crippen LogP contribution is 2.44. The van der Waals surface area contributed by atoms with E-state index in [2.05, 4.69) is 46.0 Å². The van der Waals surface area contributed by atoms with E-state index >= 15 is 0 Å². The van der Waals surface area contributed by atoms with Crippen LogP contribution in [0.4, 0.5) is 0 Å². The van der Waals surface area contributed by atoms with Crippen molar-refractivity contribution >= 4 is 8.32 Å². The average molecular weight is 295 g/mol. The van der Waals surface area contributed by atoms with Gasteiger partial charge in [0.15, 0.2) is 0 Å². The number of hydrogen-bond acceptors (Lipinski definition) is 2. The Kier molecular flexibility index (Phi) is 3.98. The van der Waals surface area contributed by atoms with Gasteiger partial charge in [-0.25, -0.2) is 0 Å². The van der Waals surface area contributed by atoms with Gasteiger partial charge in [0.05, 0.1) is 11.4 Å². The first-order valence-electron chi connectivity index (χ1n) is 7.84. The fraction of sp³-hybridized carbons (Fsp3) is 0.765. The van der Waals surface area contributed by atoms with Crippen LogP contribution >= 0.6 is 0 Å². The van der Waals surface area contributed by atoms with Crippen LogP contribution in [0.2, 0.25) is 18.1 Å². The topological polar surface area (TPSA) is 29.5 Å². The summed E-state index contributed by atoms with van der Waals surface area (Å²) in [7, 11) is -1.77. The summed E-state index contributed by atoms with van der Waals surface area (Å²) in [6, 6.07) is 0. The summed E-state index contributed by atoms with van der Waals surface area (Å²) in [6.45, 7) is 13.3. The zero-order valence-corrected chi connectivity index (χ0v) is 14.9. The molecule has 1 fully saturated rings. The predicted octanol–water partition coefficient (Wildman–Crippen LogP) is 4.77. The molecule has 0 unspecified atom stereocenters. The molecule has 3 heteroatoms. The third-order valence-corrected chi connectivity index (χ3v) is 9.71. The molecule has 2 atom stereocenters. The van der Waals surface area contributed by atoms with Crippen molar-refractivity contribution in [2.45, 2.75) is 77.1 Å². The van der Waals surface area contributed by atoms with E-state index in [1.54, 1.807) is 0 Å². The summed E-state index contributed by atoms with van der Waals surface area (Å²) >= 11 is 0. The average Bonchev–Trinajstić information content (AvgIpc) is 2.27. The Hall–Kier alpha value is -0.543. The Morgan fingerprint density at radius 2 is 2.00 bits per heavy atom. The van der Waals surface area contributed by atoms with Crippen molar-refractivity contribution < 1.29 is 9.53 Å². The van der Waals surface area contributed by atoms with E-state index in [1.165, 1.54) is 5.57 Å². The summed E-state index contributed by atoms with van der Waals surface area (Å²) in [6.07, 6.45) is 8.51. The smallest absolute Gasteiger partial charge is 0.250 e. The van der Waals surface area contributed by atoms with Gasteiger partial charge in [-0.2, -0.15) is 0 Å². The lowest BCUT2D eigenvalue weighted by Gasteiger charge is -2.42. The number of rotatable bonds is 2. The Bertz CT molecular complexity index is 438. The zero-order valence-electron chi connectivity index (χ0n) is 13.9. The molecule has 0 aromatic rings. The maximum absolute atomic E-state index is 10.6. The van der Waals surface area contributed by atoms with E-state index in [0.717, 1.165) is 31.4 Å². The molecule has 0 amide bonds. The van der Waals surface area contributed by atoms with Crippen molar-refractivity contribution in [3.8, 4) is 0 Å². The Balaban J connectivity index is 2.18. The van der Waals surface area contributed by atoms with Gasteiger partial charge in [-0.15, -0.1) is 0 Å². The van der Waals surface area contributed by atoms with E-state index in [1.807, 2.05) is 6.92 Å². The summed E-state index contributed by atoms with van der Waals surface area (Å²) in [4.78, 5) is 0. The van der Waals surface area contributed by atoms with Crippen LogP contribution in [0.1, 0.15) is 53.4 Å². The lowest BCUT2D eigenvalue weighted by Crippen LogP contribution is -2.42. The van der Waals surface area contributed by atoms with Crippen molar-refractivity contribution in [3.05, 3.63) is 23.5 Å². The van der Waals surface area contributed by atoms with Crippen molar-refractivity contribution in [2.24, 2.45) is 5.92 Å². The van der Waals surface area contributed by atoms with Crippen molar-refractivity contribution in [2.75, 3.05) is 0 Å². The van der Waals surface area contributed by atoms with Crippen LogP contribution in [-0.4, -0.2) is 19.0 Å². The fourth-order valence-electron chi connectivity index (χ4n) is 2.92. The molecular weight excluding hydrogens is 264 g/mol. The number of fused-ring (bicyclic) bond motifs is 1. The van der Waals surface area contributed by atoms with Gasteiger partial charge in [-0.3, -0.25) is 0 Å². The Morgan fingerprint density at radius 3 is 2.60 bits per heavy atom. The molecule has 0 saturated heterocycles. The molecular formula is C17H30O2Si. The van der Waals surface area contributed by atoms with E-state index in [-0.39, 0.29) is 11.0 Å². The van der Waals surface area contributed by atoms with Gasteiger partial charge in [-0.05, 0) is 50.4 Å². The van der Waals surface area contributed by atoms with Crippen LogP contribution in [0.3, 0.4) is 0 Å². The SMILES string of the molecule is CC(C)(C)[Si](C)(C)OC1=C[C@@H]2C(=CC1)CCC[C@@]2(C)O. The highest BCUT2D eigenvalue weighted by Gasteiger charge is 2.41. The largest absolute Gasteiger partial charge is 0.546 e. The predicted molar refractivity (Wildman–Crippen MR) is 87.0 cm³/mol. The summed E-state index contributed by atoms with van der Waals surface area (Å²) in [5.41, 5.74) is 0.802. The second-order valence-electron chi connectivity index (χ2n) is 8.17. The quantitative estimate of drug-likeness (QED) is 0.587. The van der Waals surface area contributed by atoms with Crippen LogP contribution in [0.25, 0.3) is 0 Å². The second kappa shape index (κ2) is 5.02. The fourth-order valence-corrected chi connectivity index (χ4v) is 4.03. The summed E-state index contributed by atoms with van der Waals surface area (Å²) in [5.74, 6) is 1.23. The van der Waals surface area contributed by atoms with E-state index < -0.39 is 13.9 Å². The molecule has 2 rings (SSSR count). The molecule has 2 nitrogen and oxygen atoms in total. The monoisotopic (exact) mass is 294 g/mol. The van der Waals surface area contributed by atoms with Crippen LogP contribution in [0.5, 0.6) is 0 Å². The minimum atomic E-state index is -1.77. The standard InChI is InChI=1S/C17H30O2Si/c1-16(2,3)20(5,6)19-14-10-9-13-8-7-11-17(4,18)15(13)12-14/h9,12,15,18H,7-8,10-11H2,1-6H3/t15-,17-/m1/s1. The molecule has 20 heavy (non-hydrogen) atoms. The van der Waals surface area contributed by atoms with Crippen LogP contribution < -0.4 is 0 Å². The number of hydrogen-bond donors (Lipinski definition) is 1. The first-order valence-corrected chi connectivity index (χ1v) is 10.7. The highest BCUT2D eigenvalue weighted by molar-refractivity contribution is 6.74. The Labute approximate surface area is 125 Å². The maximum Gasteiger partial charge on any atom is 0.250 e. The van der Waals surface area contributed by atoms with E-state index in [4.69, 9.17) is 4.43 Å². The summed E-state index contributed by atoms with van der Waals surface area (Å²) < 4.78 is 6.43. The van der Waals surface area contributed by atoms with Gasteiger partial charge in [-0.1, -0.05) is 32.4 Å². The molecule has 1 N–H and O–H groups in total. The minimum Gasteiger partial charge on any atom is -0.546 e. The number of aliphatic hydroxyl groups is 1. The van der Waals surface area contributed by atoms with Gasteiger partial charge in [0.25, 0.3) is 0 Å². The molecule has 0 radical (unpaired) electrons. The lowest BCUT2D eigenvalue weighted by molar-refractivity contribution is 0.00628. The summed E-state index contributed by atoms with van der Waals surface area (Å²) in [5, 5.41) is 10.8. The molecule has 0 spiro atoms. The third-order valence-electron chi connectivity index (χ3n) is 5.33. The zero-order chi connectivity index (χ0) is 15.2. The number of allylic oxidation sites excluding steroid dienone is 1. The molecule has 0 heterocycles. The van der Waals surface area contributed by atoms with Crippen LogP contribution in [0, 0.1) is 5.92 Å². The molecule has 0 aromatic heterocycles. The first-order chi connectivity index (χ1) is 9.03. The molecule has 0 aromatic carbocycles. The molecule has 2 aliphatic rings. The van der Waals surface area contributed by atoms with Gasteiger partial charge in [0.2, 0.25) is 8.32 Å². The molecule has 1 saturated carbocycles. The van der Waals surface area contributed by atoms with Gasteiger partial charge < -0.3 is 9.53 Å². The van der Waals surface area contributed by atoms with Gasteiger partial charge in [0.1, 0.15) is 0 Å². The van der Waals surface area contributed by atoms with Gasteiger partial charge >= 0.3 is 0 Å².